The van der Waals surface area contributed by atoms with E-state index in [1.807, 2.05) is 24.3 Å². The van der Waals surface area contributed by atoms with Gasteiger partial charge in [-0.15, -0.1) is 12.4 Å². The van der Waals surface area contributed by atoms with E-state index in [9.17, 15) is 4.79 Å². The van der Waals surface area contributed by atoms with Crippen LogP contribution in [0.5, 0.6) is 0 Å². The molecule has 0 saturated heterocycles. The molecule has 3 rings (SSSR count). The number of hydrogen-bond donors (Lipinski definition) is 3. The van der Waals surface area contributed by atoms with Crippen LogP contribution in [0.25, 0.3) is 0 Å². The van der Waals surface area contributed by atoms with Gasteiger partial charge in [0.1, 0.15) is 0 Å². The number of amides is 1. The van der Waals surface area contributed by atoms with Gasteiger partial charge in [-0.05, 0) is 11.6 Å². The highest BCUT2D eigenvalue weighted by Crippen LogP contribution is 2.17. The summed E-state index contributed by atoms with van der Waals surface area (Å²) in [6.07, 6.45) is 0.889. The van der Waals surface area contributed by atoms with Crippen LogP contribution in [0.3, 0.4) is 0 Å². The average molecular weight is 372 g/mol. The molecule has 1 aromatic heterocycles. The predicted octanol–water partition coefficient (Wildman–Crippen LogP) is 2.17. The summed E-state index contributed by atoms with van der Waals surface area (Å²) in [4.78, 5) is 12.2. The van der Waals surface area contributed by atoms with Crippen molar-refractivity contribution in [2.75, 3.05) is 6.54 Å². The minimum atomic E-state index is -0.137. The van der Waals surface area contributed by atoms with Crippen LogP contribution < -0.4 is 10.6 Å². The molecule has 1 aliphatic rings. The van der Waals surface area contributed by atoms with E-state index >= 15 is 0 Å². The summed E-state index contributed by atoms with van der Waals surface area (Å²) >= 11 is 3.47. The first-order valence-electron chi connectivity index (χ1n) is 6.54. The van der Waals surface area contributed by atoms with Crippen LogP contribution in [0.4, 0.5) is 0 Å². The molecule has 0 unspecified atom stereocenters. The zero-order valence-electron chi connectivity index (χ0n) is 11.3. The maximum atomic E-state index is 12.2. The molecule has 0 aliphatic carbocycles. The Labute approximate surface area is 137 Å². The molecule has 0 saturated carbocycles. The van der Waals surface area contributed by atoms with Gasteiger partial charge in [-0.25, -0.2) is 0 Å². The van der Waals surface area contributed by atoms with E-state index in [1.165, 1.54) is 0 Å². The maximum Gasteiger partial charge on any atom is 0.272 e. The SMILES string of the molecule is Cl.O=C(NCc1ccccc1Br)c1n[nH]c2c1CNCC2. The number of nitrogens with one attached hydrogen (secondary N) is 3. The average Bonchev–Trinajstić information content (AvgIpc) is 2.90. The lowest BCUT2D eigenvalue weighted by molar-refractivity contribution is 0.0944. The Balaban J connectivity index is 0.00000161. The molecule has 1 aliphatic heterocycles. The number of rotatable bonds is 3. The molecular formula is C14H16BrClN4O. The van der Waals surface area contributed by atoms with Crippen molar-refractivity contribution in [1.29, 1.82) is 0 Å². The van der Waals surface area contributed by atoms with Crippen molar-refractivity contribution < 1.29 is 4.79 Å². The summed E-state index contributed by atoms with van der Waals surface area (Å²) in [5.41, 5.74) is 3.60. The molecule has 5 nitrogen and oxygen atoms in total. The number of H-pyrrole nitrogens is 1. The van der Waals surface area contributed by atoms with E-state index < -0.39 is 0 Å². The fourth-order valence-electron chi connectivity index (χ4n) is 2.31. The number of benzene rings is 1. The predicted molar refractivity (Wildman–Crippen MR) is 86.6 cm³/mol. The number of carbonyl (C=O) groups excluding carboxylic acids is 1. The first-order chi connectivity index (χ1) is 9.75. The molecule has 1 aromatic carbocycles. The third kappa shape index (κ3) is 3.45. The Kier molecular flexibility index (Phi) is 5.39. The number of fused-ring (bicyclic) bond motifs is 1. The normalized spacial score (nSPS) is 13.2. The Hall–Kier alpha value is -1.37. The van der Waals surface area contributed by atoms with E-state index in [2.05, 4.69) is 36.8 Å². The zero-order valence-corrected chi connectivity index (χ0v) is 13.7. The van der Waals surface area contributed by atoms with Crippen molar-refractivity contribution in [3.05, 3.63) is 51.3 Å². The summed E-state index contributed by atoms with van der Waals surface area (Å²) in [6.45, 7) is 2.10. The van der Waals surface area contributed by atoms with Gasteiger partial charge in [0.2, 0.25) is 0 Å². The smallest absolute Gasteiger partial charge is 0.272 e. The second kappa shape index (κ2) is 7.06. The molecule has 0 fully saturated rings. The van der Waals surface area contributed by atoms with Crippen molar-refractivity contribution in [2.45, 2.75) is 19.5 Å². The zero-order chi connectivity index (χ0) is 13.9. The first-order valence-corrected chi connectivity index (χ1v) is 7.33. The van der Waals surface area contributed by atoms with E-state index in [0.29, 0.717) is 18.8 Å². The highest BCUT2D eigenvalue weighted by atomic mass is 79.9. The molecule has 2 aromatic rings. The standard InChI is InChI=1S/C14H15BrN4O.ClH/c15-11-4-2-1-3-9(11)7-17-14(20)13-10-8-16-6-5-12(10)18-19-13;/h1-4,16H,5-8H2,(H,17,20)(H,18,19);1H. The largest absolute Gasteiger partial charge is 0.347 e. The molecular weight excluding hydrogens is 356 g/mol. The molecule has 1 amide bonds. The number of hydrogen-bond acceptors (Lipinski definition) is 3. The van der Waals surface area contributed by atoms with Gasteiger partial charge in [-0.1, -0.05) is 34.1 Å². The first kappa shape index (κ1) is 16.0. The summed E-state index contributed by atoms with van der Waals surface area (Å²) in [5.74, 6) is -0.137. The number of aromatic nitrogens is 2. The number of aromatic amines is 1. The van der Waals surface area contributed by atoms with Crippen LogP contribution >= 0.6 is 28.3 Å². The van der Waals surface area contributed by atoms with E-state index in [4.69, 9.17) is 0 Å². The molecule has 0 spiro atoms. The molecule has 3 N–H and O–H groups in total. The van der Waals surface area contributed by atoms with E-state index in [0.717, 1.165) is 34.3 Å². The molecule has 0 atom stereocenters. The van der Waals surface area contributed by atoms with Crippen LogP contribution in [0.2, 0.25) is 0 Å². The second-order valence-electron chi connectivity index (χ2n) is 4.73. The molecule has 21 heavy (non-hydrogen) atoms. The van der Waals surface area contributed by atoms with Gasteiger partial charge in [0.25, 0.3) is 5.91 Å². The van der Waals surface area contributed by atoms with Crippen molar-refractivity contribution in [3.8, 4) is 0 Å². The van der Waals surface area contributed by atoms with Gasteiger partial charge in [0.15, 0.2) is 5.69 Å². The Morgan fingerprint density at radius 1 is 1.38 bits per heavy atom. The number of halogens is 2. The molecule has 7 heteroatoms. The summed E-state index contributed by atoms with van der Waals surface area (Å²) in [7, 11) is 0. The van der Waals surface area contributed by atoms with Crippen LogP contribution in [-0.4, -0.2) is 22.6 Å². The Bertz CT molecular complexity index is 644. The molecule has 0 radical (unpaired) electrons. The van der Waals surface area contributed by atoms with Gasteiger partial charge in [0, 0.05) is 41.8 Å². The summed E-state index contributed by atoms with van der Waals surface area (Å²) in [6, 6.07) is 7.84. The lowest BCUT2D eigenvalue weighted by atomic mass is 10.1. The fraction of sp³-hybridized carbons (Fsp3) is 0.286. The fourth-order valence-corrected chi connectivity index (χ4v) is 2.74. The highest BCUT2D eigenvalue weighted by molar-refractivity contribution is 9.10. The lowest BCUT2D eigenvalue weighted by Gasteiger charge is -2.13. The van der Waals surface area contributed by atoms with Crippen molar-refractivity contribution in [2.24, 2.45) is 0 Å². The van der Waals surface area contributed by atoms with Crippen molar-refractivity contribution in [1.82, 2.24) is 20.8 Å². The minimum absolute atomic E-state index is 0. The molecule has 0 bridgehead atoms. The van der Waals surface area contributed by atoms with E-state index in [1.54, 1.807) is 0 Å². The lowest BCUT2D eigenvalue weighted by Crippen LogP contribution is -2.28. The number of carbonyl (C=O) groups is 1. The van der Waals surface area contributed by atoms with Gasteiger partial charge in [-0.3, -0.25) is 9.89 Å². The summed E-state index contributed by atoms with van der Waals surface area (Å²) in [5, 5.41) is 13.3. The topological polar surface area (TPSA) is 69.8 Å². The molecule has 112 valence electrons. The van der Waals surface area contributed by atoms with Crippen LogP contribution in [-0.2, 0) is 19.5 Å². The van der Waals surface area contributed by atoms with Crippen LogP contribution in [0.15, 0.2) is 28.7 Å². The summed E-state index contributed by atoms with van der Waals surface area (Å²) < 4.78 is 0.992. The maximum absolute atomic E-state index is 12.2. The second-order valence-corrected chi connectivity index (χ2v) is 5.58. The quantitative estimate of drug-likeness (QED) is 0.774. The van der Waals surface area contributed by atoms with Gasteiger partial charge in [0.05, 0.1) is 0 Å². The van der Waals surface area contributed by atoms with Gasteiger partial charge in [-0.2, -0.15) is 5.10 Å². The third-order valence-corrected chi connectivity index (χ3v) is 4.19. The van der Waals surface area contributed by atoms with Gasteiger partial charge >= 0.3 is 0 Å². The van der Waals surface area contributed by atoms with Gasteiger partial charge < -0.3 is 10.6 Å². The van der Waals surface area contributed by atoms with Crippen LogP contribution in [0.1, 0.15) is 27.3 Å². The van der Waals surface area contributed by atoms with Crippen LogP contribution in [0, 0.1) is 0 Å². The van der Waals surface area contributed by atoms with E-state index in [-0.39, 0.29) is 18.3 Å². The minimum Gasteiger partial charge on any atom is -0.347 e. The van der Waals surface area contributed by atoms with Crippen molar-refractivity contribution in [3.63, 3.8) is 0 Å². The Morgan fingerprint density at radius 3 is 3.00 bits per heavy atom. The monoisotopic (exact) mass is 370 g/mol. The number of nitrogens with zero attached hydrogens (tertiary/aromatic N) is 1. The third-order valence-electron chi connectivity index (χ3n) is 3.42. The van der Waals surface area contributed by atoms with Crippen molar-refractivity contribution >= 4 is 34.2 Å². The highest BCUT2D eigenvalue weighted by Gasteiger charge is 2.21. The Morgan fingerprint density at radius 2 is 2.19 bits per heavy atom. The molecule has 2 heterocycles.